The molecule has 0 amide bonds. The fourth-order valence-corrected chi connectivity index (χ4v) is 4.03. The lowest BCUT2D eigenvalue weighted by atomic mass is 9.86. The Bertz CT molecular complexity index is 843. The summed E-state index contributed by atoms with van der Waals surface area (Å²) in [5.41, 5.74) is 12.0. The lowest BCUT2D eigenvalue weighted by Crippen LogP contribution is -2.35. The van der Waals surface area contributed by atoms with Crippen molar-refractivity contribution in [2.45, 2.75) is 57.2 Å². The van der Waals surface area contributed by atoms with Crippen LogP contribution in [0.1, 0.15) is 57.2 Å². The van der Waals surface area contributed by atoms with Gasteiger partial charge in [0.1, 0.15) is 5.83 Å². The summed E-state index contributed by atoms with van der Waals surface area (Å²) in [6.07, 6.45) is 13.2. The summed E-state index contributed by atoms with van der Waals surface area (Å²) in [5, 5.41) is 0. The lowest BCUT2D eigenvalue weighted by Gasteiger charge is -2.41. The third kappa shape index (κ3) is 5.11. The molecule has 1 heterocycles. The van der Waals surface area contributed by atoms with E-state index < -0.39 is 0 Å². The summed E-state index contributed by atoms with van der Waals surface area (Å²) in [5.74, 6) is -0.0291. The van der Waals surface area contributed by atoms with Gasteiger partial charge in [-0.25, -0.2) is 4.39 Å². The first kappa shape index (κ1) is 20.8. The number of nitrogens with zero attached hydrogens (tertiary/aromatic N) is 1. The van der Waals surface area contributed by atoms with Gasteiger partial charge in [-0.15, -0.1) is 0 Å². The highest BCUT2D eigenvalue weighted by Crippen LogP contribution is 2.40. The maximum absolute atomic E-state index is 13.5. The minimum atomic E-state index is -0.152. The van der Waals surface area contributed by atoms with Crippen LogP contribution in [0.5, 0.6) is 0 Å². The number of benzene rings is 1. The molecule has 0 saturated heterocycles. The molecule has 1 aromatic rings. The number of nitrogen functional groups attached to an aromatic ring is 1. The zero-order chi connectivity index (χ0) is 20.3. The molecule has 2 N–H and O–H groups in total. The average molecular weight is 399 g/mol. The minimum Gasteiger partial charge on any atom is -0.399 e. The van der Waals surface area contributed by atoms with Crippen LogP contribution in [0.15, 0.2) is 65.7 Å². The number of rotatable bonds is 5. The van der Waals surface area contributed by atoms with Gasteiger partial charge in [0.25, 0.3) is 0 Å². The normalized spacial score (nSPS) is 20.8. The van der Waals surface area contributed by atoms with Crippen LogP contribution in [0.2, 0.25) is 0 Å². The van der Waals surface area contributed by atoms with Gasteiger partial charge in [0.2, 0.25) is 0 Å². The van der Waals surface area contributed by atoms with E-state index in [0.717, 1.165) is 31.5 Å². The van der Waals surface area contributed by atoms with Gasteiger partial charge in [0.15, 0.2) is 0 Å². The van der Waals surface area contributed by atoms with Crippen LogP contribution in [0, 0.1) is 0 Å². The van der Waals surface area contributed by atoms with E-state index in [4.69, 9.17) is 5.73 Å². The van der Waals surface area contributed by atoms with Crippen molar-refractivity contribution in [1.29, 1.82) is 0 Å². The van der Waals surface area contributed by atoms with Gasteiger partial charge >= 0.3 is 0 Å². The van der Waals surface area contributed by atoms with E-state index >= 15 is 0 Å². The topological polar surface area (TPSA) is 29.3 Å². The molecule has 1 unspecified atom stereocenters. The summed E-state index contributed by atoms with van der Waals surface area (Å²) in [6.45, 7) is 7.18. The molecule has 0 fully saturated rings. The molecule has 0 saturated carbocycles. The summed E-state index contributed by atoms with van der Waals surface area (Å²) in [7, 11) is 0. The van der Waals surface area contributed by atoms with Crippen LogP contribution >= 0.6 is 12.6 Å². The highest BCUT2D eigenvalue weighted by molar-refractivity contribution is 7.82. The zero-order valence-corrected chi connectivity index (χ0v) is 18.0. The molecule has 0 spiro atoms. The summed E-state index contributed by atoms with van der Waals surface area (Å²) in [6, 6.07) is 6.49. The Kier molecular flexibility index (Phi) is 6.39. The number of halogens is 1. The largest absolute Gasteiger partial charge is 0.399 e. The van der Waals surface area contributed by atoms with Gasteiger partial charge < -0.3 is 10.6 Å². The standard InChI is InChI=1S/C24H31FN2S/c1-4-17(11-13-24(2,3)28)15-23-22-10-7-20(26)16-18(22)12-14-27(23)21-8-5-19(25)6-9-21/h4-5,7-8,10-11,13,16,23,28H,6,9,12,14-15,26H2,1-3H3/b13-11-,17-4+. The summed E-state index contributed by atoms with van der Waals surface area (Å²) < 4.78 is 13.4. The van der Waals surface area contributed by atoms with Crippen molar-refractivity contribution in [2.24, 2.45) is 0 Å². The van der Waals surface area contributed by atoms with E-state index in [1.165, 1.54) is 22.4 Å². The van der Waals surface area contributed by atoms with E-state index in [1.807, 2.05) is 12.1 Å². The molecule has 2 aliphatic rings. The van der Waals surface area contributed by atoms with Crippen LogP contribution in [0.4, 0.5) is 10.1 Å². The fraction of sp³-hybridized carbons (Fsp3) is 0.417. The molecule has 0 bridgehead atoms. The number of fused-ring (bicyclic) bond motifs is 1. The van der Waals surface area contributed by atoms with Crippen molar-refractivity contribution in [3.05, 3.63) is 76.8 Å². The third-order valence-electron chi connectivity index (χ3n) is 5.47. The van der Waals surface area contributed by atoms with E-state index in [9.17, 15) is 4.39 Å². The minimum absolute atomic E-state index is 0.0291. The quantitative estimate of drug-likeness (QED) is 0.346. The molecule has 1 aromatic carbocycles. The van der Waals surface area contributed by atoms with Crippen LogP contribution in [-0.4, -0.2) is 16.2 Å². The van der Waals surface area contributed by atoms with Crippen molar-refractivity contribution < 1.29 is 4.39 Å². The third-order valence-corrected chi connectivity index (χ3v) is 5.62. The molecule has 2 nitrogen and oxygen atoms in total. The number of thiol groups is 1. The average Bonchev–Trinajstić information content (AvgIpc) is 2.65. The number of hydrogen-bond donors (Lipinski definition) is 2. The van der Waals surface area contributed by atoms with E-state index in [1.54, 1.807) is 6.08 Å². The molecule has 1 atom stereocenters. The Labute approximate surface area is 174 Å². The Morgan fingerprint density at radius 1 is 1.29 bits per heavy atom. The Morgan fingerprint density at radius 2 is 2.07 bits per heavy atom. The monoisotopic (exact) mass is 398 g/mol. The van der Waals surface area contributed by atoms with Crippen molar-refractivity contribution >= 4 is 18.3 Å². The van der Waals surface area contributed by atoms with E-state index in [0.29, 0.717) is 6.42 Å². The summed E-state index contributed by atoms with van der Waals surface area (Å²) in [4.78, 5) is 2.46. The predicted molar refractivity (Wildman–Crippen MR) is 121 cm³/mol. The molecular weight excluding hydrogens is 367 g/mol. The first-order valence-electron chi connectivity index (χ1n) is 10.0. The molecule has 3 rings (SSSR count). The van der Waals surface area contributed by atoms with Gasteiger partial charge in [-0.05, 0) is 75.4 Å². The van der Waals surface area contributed by atoms with E-state index in [2.05, 4.69) is 68.7 Å². The molecule has 1 aliphatic heterocycles. The lowest BCUT2D eigenvalue weighted by molar-refractivity contribution is 0.229. The molecular formula is C24H31FN2S. The maximum Gasteiger partial charge on any atom is 0.100 e. The smallest absolute Gasteiger partial charge is 0.100 e. The molecule has 0 aromatic heterocycles. The predicted octanol–water partition coefficient (Wildman–Crippen LogP) is 6.30. The fourth-order valence-electron chi connectivity index (χ4n) is 3.95. The van der Waals surface area contributed by atoms with Crippen molar-refractivity contribution in [3.63, 3.8) is 0 Å². The van der Waals surface area contributed by atoms with Gasteiger partial charge in [-0.2, -0.15) is 12.6 Å². The molecule has 4 heteroatoms. The zero-order valence-electron chi connectivity index (χ0n) is 17.1. The first-order chi connectivity index (χ1) is 13.3. The molecule has 0 radical (unpaired) electrons. The Hall–Kier alpha value is -1.94. The number of allylic oxidation sites excluding steroid dienone is 6. The molecule has 1 aliphatic carbocycles. The maximum atomic E-state index is 13.5. The van der Waals surface area contributed by atoms with E-state index in [-0.39, 0.29) is 16.6 Å². The second-order valence-corrected chi connectivity index (χ2v) is 9.40. The van der Waals surface area contributed by atoms with Gasteiger partial charge in [0.05, 0.1) is 6.04 Å². The molecule has 28 heavy (non-hydrogen) atoms. The van der Waals surface area contributed by atoms with Crippen LogP contribution in [0.25, 0.3) is 0 Å². The second kappa shape index (κ2) is 8.60. The number of nitrogens with two attached hydrogens (primary N) is 1. The van der Waals surface area contributed by atoms with Crippen LogP contribution in [-0.2, 0) is 6.42 Å². The van der Waals surface area contributed by atoms with Crippen molar-refractivity contribution in [3.8, 4) is 0 Å². The van der Waals surface area contributed by atoms with Crippen LogP contribution in [0.3, 0.4) is 0 Å². The SMILES string of the molecule is C/C=C(\C=C/C(C)(C)S)CC1c2ccc(N)cc2CCN1C1=CC=C(F)CC1. The van der Waals surface area contributed by atoms with Crippen molar-refractivity contribution in [1.82, 2.24) is 4.90 Å². The highest BCUT2D eigenvalue weighted by atomic mass is 32.1. The summed E-state index contributed by atoms with van der Waals surface area (Å²) >= 11 is 4.61. The van der Waals surface area contributed by atoms with Gasteiger partial charge in [-0.3, -0.25) is 0 Å². The second-order valence-electron chi connectivity index (χ2n) is 8.24. The first-order valence-corrected chi connectivity index (χ1v) is 10.5. The Morgan fingerprint density at radius 3 is 2.71 bits per heavy atom. The van der Waals surface area contributed by atoms with Crippen LogP contribution < -0.4 is 5.73 Å². The number of hydrogen-bond acceptors (Lipinski definition) is 3. The molecule has 150 valence electrons. The number of anilines is 1. The highest BCUT2D eigenvalue weighted by Gasteiger charge is 2.29. The van der Waals surface area contributed by atoms with Crippen molar-refractivity contribution in [2.75, 3.05) is 12.3 Å². The van der Waals surface area contributed by atoms with Gasteiger partial charge in [0, 0.05) is 29.1 Å². The van der Waals surface area contributed by atoms with Gasteiger partial charge in [-0.1, -0.05) is 29.9 Å². The Balaban J connectivity index is 1.95.